The number of nitrogens with one attached hydrogen (secondary N) is 1. The van der Waals surface area contributed by atoms with Crippen LogP contribution in [0.1, 0.15) is 48.5 Å². The monoisotopic (exact) mass is 397 g/mol. The Hall–Kier alpha value is -2.27. The number of carbonyl (C=O) groups is 2. The summed E-state index contributed by atoms with van der Waals surface area (Å²) in [6, 6.07) is 17.9. The number of thioether (sulfide) groups is 1. The first-order valence-corrected chi connectivity index (χ1v) is 10.6. The van der Waals surface area contributed by atoms with Gasteiger partial charge in [0.05, 0.1) is 12.7 Å². The summed E-state index contributed by atoms with van der Waals surface area (Å²) in [7, 11) is 1.38. The summed E-state index contributed by atoms with van der Waals surface area (Å²) < 4.78 is 4.80. The van der Waals surface area contributed by atoms with E-state index in [9.17, 15) is 9.59 Å². The lowest BCUT2D eigenvalue weighted by molar-refractivity contribution is -0.139. The average Bonchev–Trinajstić information content (AvgIpc) is 3.22. The minimum absolute atomic E-state index is 0.0122. The molecule has 0 saturated heterocycles. The smallest absolute Gasteiger partial charge is 0.318 e. The summed E-state index contributed by atoms with van der Waals surface area (Å²) in [6.07, 6.45) is 4.56. The molecule has 1 aliphatic carbocycles. The highest BCUT2D eigenvalue weighted by Crippen LogP contribution is 2.40. The van der Waals surface area contributed by atoms with Crippen LogP contribution in [0.3, 0.4) is 0 Å². The van der Waals surface area contributed by atoms with Crippen LogP contribution in [0.25, 0.3) is 0 Å². The summed E-state index contributed by atoms with van der Waals surface area (Å²) in [5, 5.41) is 2.80. The van der Waals surface area contributed by atoms with Crippen LogP contribution in [0.4, 0.5) is 0 Å². The zero-order chi connectivity index (χ0) is 20.0. The molecule has 1 N–H and O–H groups in total. The Morgan fingerprint density at radius 1 is 1.07 bits per heavy atom. The minimum Gasteiger partial charge on any atom is -0.468 e. The molecule has 1 unspecified atom stereocenters. The number of hydrogen-bond acceptors (Lipinski definition) is 4. The average molecular weight is 398 g/mol. The van der Waals surface area contributed by atoms with E-state index in [-0.39, 0.29) is 22.5 Å². The first kappa shape index (κ1) is 20.5. The number of benzene rings is 2. The highest BCUT2D eigenvalue weighted by atomic mass is 32.2. The number of rotatable bonds is 7. The highest BCUT2D eigenvalue weighted by Gasteiger charge is 2.36. The number of methoxy groups -OCH3 is 1. The molecule has 0 aliphatic heterocycles. The van der Waals surface area contributed by atoms with Crippen LogP contribution in [0.5, 0.6) is 0 Å². The summed E-state index contributed by atoms with van der Waals surface area (Å²) in [5.74, 6) is -0.392. The van der Waals surface area contributed by atoms with Crippen LogP contribution in [0.15, 0.2) is 59.5 Å². The van der Waals surface area contributed by atoms with Crippen molar-refractivity contribution in [3.05, 3.63) is 65.7 Å². The van der Waals surface area contributed by atoms with Gasteiger partial charge in [0.15, 0.2) is 0 Å². The fraction of sp³-hybridized carbons (Fsp3) is 0.391. The Balaban J connectivity index is 1.74. The van der Waals surface area contributed by atoms with Crippen molar-refractivity contribution in [3.8, 4) is 0 Å². The van der Waals surface area contributed by atoms with Crippen LogP contribution in [0.2, 0.25) is 0 Å². The van der Waals surface area contributed by atoms with Crippen molar-refractivity contribution in [1.29, 1.82) is 0 Å². The van der Waals surface area contributed by atoms with Gasteiger partial charge in [0, 0.05) is 16.9 Å². The topological polar surface area (TPSA) is 55.4 Å². The standard InChI is InChI=1S/C23H27NO3S/c1-17(22(26)27-2)28-20-13-7-6-12-19(20)21(25)24-16-23(14-8-9-15-23)18-10-4-3-5-11-18/h3-7,10-13,17H,8-9,14-16H2,1-2H3,(H,24,25). The molecule has 0 heterocycles. The van der Waals surface area contributed by atoms with Gasteiger partial charge in [0.25, 0.3) is 5.91 Å². The second kappa shape index (κ2) is 9.28. The van der Waals surface area contributed by atoms with E-state index in [1.165, 1.54) is 37.3 Å². The lowest BCUT2D eigenvalue weighted by atomic mass is 9.79. The molecule has 28 heavy (non-hydrogen) atoms. The number of esters is 1. The Labute approximate surface area is 171 Å². The van der Waals surface area contributed by atoms with E-state index in [2.05, 4.69) is 29.6 Å². The number of carbonyl (C=O) groups excluding carboxylic acids is 2. The Morgan fingerprint density at radius 3 is 2.39 bits per heavy atom. The van der Waals surface area contributed by atoms with Gasteiger partial charge < -0.3 is 10.1 Å². The number of ether oxygens (including phenoxy) is 1. The molecule has 0 bridgehead atoms. The van der Waals surface area contributed by atoms with Gasteiger partial charge >= 0.3 is 5.97 Å². The Morgan fingerprint density at radius 2 is 1.71 bits per heavy atom. The molecule has 0 aromatic heterocycles. The normalized spacial score (nSPS) is 16.4. The first-order chi connectivity index (χ1) is 13.6. The third-order valence-electron chi connectivity index (χ3n) is 5.50. The molecule has 4 nitrogen and oxygen atoms in total. The second-order valence-corrected chi connectivity index (χ2v) is 8.70. The van der Waals surface area contributed by atoms with E-state index in [1.807, 2.05) is 30.3 Å². The second-order valence-electron chi connectivity index (χ2n) is 7.32. The van der Waals surface area contributed by atoms with E-state index in [1.54, 1.807) is 6.92 Å². The van der Waals surface area contributed by atoms with E-state index in [4.69, 9.17) is 4.74 Å². The summed E-state index contributed by atoms with van der Waals surface area (Å²) in [6.45, 7) is 2.41. The molecule has 148 valence electrons. The van der Waals surface area contributed by atoms with Gasteiger partial charge in [-0.05, 0) is 37.5 Å². The molecule has 1 aliphatic rings. The van der Waals surface area contributed by atoms with Crippen LogP contribution >= 0.6 is 11.8 Å². The molecule has 5 heteroatoms. The lowest BCUT2D eigenvalue weighted by Gasteiger charge is -2.30. The first-order valence-electron chi connectivity index (χ1n) is 9.73. The van der Waals surface area contributed by atoms with E-state index in [0.29, 0.717) is 12.1 Å². The fourth-order valence-corrected chi connectivity index (χ4v) is 4.94. The molecule has 1 saturated carbocycles. The van der Waals surface area contributed by atoms with Gasteiger partial charge in [0.2, 0.25) is 0 Å². The van der Waals surface area contributed by atoms with Crippen LogP contribution < -0.4 is 5.32 Å². The highest BCUT2D eigenvalue weighted by molar-refractivity contribution is 8.00. The molecule has 2 aromatic rings. The Kier molecular flexibility index (Phi) is 6.79. The number of hydrogen-bond donors (Lipinski definition) is 1. The molecule has 0 radical (unpaired) electrons. The van der Waals surface area contributed by atoms with Crippen LogP contribution in [-0.2, 0) is 14.9 Å². The van der Waals surface area contributed by atoms with E-state index >= 15 is 0 Å². The van der Waals surface area contributed by atoms with Gasteiger partial charge in [-0.2, -0.15) is 0 Å². The molecular formula is C23H27NO3S. The fourth-order valence-electron chi connectivity index (χ4n) is 3.92. The minimum atomic E-state index is -0.371. The molecule has 3 rings (SSSR count). The van der Waals surface area contributed by atoms with Crippen molar-refractivity contribution in [3.63, 3.8) is 0 Å². The Bertz CT molecular complexity index is 816. The summed E-state index contributed by atoms with van der Waals surface area (Å²) in [5.41, 5.74) is 1.91. The van der Waals surface area contributed by atoms with E-state index in [0.717, 1.165) is 17.7 Å². The molecule has 1 atom stereocenters. The lowest BCUT2D eigenvalue weighted by Crippen LogP contribution is -2.39. The predicted molar refractivity (Wildman–Crippen MR) is 113 cm³/mol. The summed E-state index contributed by atoms with van der Waals surface area (Å²) >= 11 is 1.35. The van der Waals surface area contributed by atoms with Crippen molar-refractivity contribution in [2.75, 3.05) is 13.7 Å². The van der Waals surface area contributed by atoms with Gasteiger partial charge in [-0.3, -0.25) is 9.59 Å². The maximum Gasteiger partial charge on any atom is 0.318 e. The molecule has 2 aromatic carbocycles. The largest absolute Gasteiger partial charge is 0.468 e. The van der Waals surface area contributed by atoms with Crippen molar-refractivity contribution in [1.82, 2.24) is 5.32 Å². The third kappa shape index (κ3) is 4.58. The molecule has 1 fully saturated rings. The molecule has 0 spiro atoms. The SMILES string of the molecule is COC(=O)C(C)Sc1ccccc1C(=O)NCC1(c2ccccc2)CCCC1. The van der Waals surface area contributed by atoms with Crippen molar-refractivity contribution >= 4 is 23.6 Å². The van der Waals surface area contributed by atoms with Gasteiger partial charge in [-0.15, -0.1) is 11.8 Å². The summed E-state index contributed by atoms with van der Waals surface area (Å²) in [4.78, 5) is 25.5. The maximum absolute atomic E-state index is 13.0. The van der Waals surface area contributed by atoms with Crippen molar-refractivity contribution in [2.24, 2.45) is 0 Å². The van der Waals surface area contributed by atoms with Crippen LogP contribution in [0, 0.1) is 0 Å². The van der Waals surface area contributed by atoms with Crippen molar-refractivity contribution in [2.45, 2.75) is 48.2 Å². The molecular weight excluding hydrogens is 370 g/mol. The quantitative estimate of drug-likeness (QED) is 0.549. The zero-order valence-corrected chi connectivity index (χ0v) is 17.3. The third-order valence-corrected chi connectivity index (χ3v) is 6.66. The van der Waals surface area contributed by atoms with Crippen molar-refractivity contribution < 1.29 is 14.3 Å². The van der Waals surface area contributed by atoms with E-state index < -0.39 is 0 Å². The van der Waals surface area contributed by atoms with Gasteiger partial charge in [-0.25, -0.2) is 0 Å². The predicted octanol–water partition coefficient (Wildman–Crippen LogP) is 4.58. The zero-order valence-electron chi connectivity index (χ0n) is 16.4. The van der Waals surface area contributed by atoms with Crippen LogP contribution in [-0.4, -0.2) is 30.8 Å². The van der Waals surface area contributed by atoms with Gasteiger partial charge in [0.1, 0.15) is 5.25 Å². The van der Waals surface area contributed by atoms with Gasteiger partial charge in [-0.1, -0.05) is 55.3 Å². The number of amides is 1. The molecule has 1 amide bonds. The maximum atomic E-state index is 13.0.